The molecule has 1 aliphatic heterocycles. The van der Waals surface area contributed by atoms with Crippen molar-refractivity contribution in [2.24, 2.45) is 5.14 Å². The van der Waals surface area contributed by atoms with Gasteiger partial charge in [0.05, 0.1) is 9.82 Å². The van der Waals surface area contributed by atoms with Crippen LogP contribution in [0.4, 0.5) is 16.5 Å². The molecule has 1 fully saturated rings. The average Bonchev–Trinajstić information content (AvgIpc) is 2.98. The Balaban J connectivity index is 1.87. The highest BCUT2D eigenvalue weighted by atomic mass is 32.2. The number of benzene rings is 1. The van der Waals surface area contributed by atoms with E-state index in [4.69, 9.17) is 5.14 Å². The zero-order chi connectivity index (χ0) is 18.0. The molecule has 1 aliphatic rings. The van der Waals surface area contributed by atoms with Crippen LogP contribution in [0.1, 0.15) is 6.42 Å². The fraction of sp³-hybridized carbons (Fsp3) is 0.357. The van der Waals surface area contributed by atoms with Gasteiger partial charge in [-0.15, -0.1) is 11.3 Å². The summed E-state index contributed by atoms with van der Waals surface area (Å²) in [6.07, 6.45) is 2.56. The summed E-state index contributed by atoms with van der Waals surface area (Å²) >= 11 is 1.56. The normalized spacial score (nSPS) is 15.9. The number of hydrogen-bond acceptors (Lipinski definition) is 8. The van der Waals surface area contributed by atoms with Crippen LogP contribution in [0, 0.1) is 10.1 Å². The Kier molecular flexibility index (Phi) is 4.88. The molecule has 3 rings (SSSR count). The smallest absolute Gasteiger partial charge is 0.293 e. The van der Waals surface area contributed by atoms with Crippen molar-refractivity contribution in [1.82, 2.24) is 4.98 Å². The average molecular weight is 383 g/mol. The second-order valence-corrected chi connectivity index (χ2v) is 8.03. The maximum Gasteiger partial charge on any atom is 0.293 e. The van der Waals surface area contributed by atoms with Crippen LogP contribution >= 0.6 is 11.3 Å². The molecule has 0 unspecified atom stereocenters. The molecular weight excluding hydrogens is 366 g/mol. The summed E-state index contributed by atoms with van der Waals surface area (Å²) in [5.41, 5.74) is 0.146. The van der Waals surface area contributed by atoms with Crippen LogP contribution in [0.3, 0.4) is 0 Å². The molecular formula is C14H17N5O4S2. The zero-order valence-electron chi connectivity index (χ0n) is 13.2. The molecule has 0 saturated carbocycles. The third-order valence-corrected chi connectivity index (χ3v) is 5.74. The highest BCUT2D eigenvalue weighted by Gasteiger charge is 2.25. The maximum absolute atomic E-state index is 11.5. The minimum Gasteiger partial charge on any atom is -0.364 e. The van der Waals surface area contributed by atoms with Crippen LogP contribution < -0.4 is 14.9 Å². The first-order chi connectivity index (χ1) is 11.9. The van der Waals surface area contributed by atoms with Gasteiger partial charge in [-0.1, -0.05) is 0 Å². The molecule has 0 aliphatic carbocycles. The number of rotatable bonds is 4. The molecule has 2 heterocycles. The van der Waals surface area contributed by atoms with Gasteiger partial charge in [-0.25, -0.2) is 18.5 Å². The molecule has 1 aromatic carbocycles. The van der Waals surface area contributed by atoms with Crippen LogP contribution in [0.5, 0.6) is 0 Å². The number of anilines is 2. The minimum absolute atomic E-state index is 0.255. The summed E-state index contributed by atoms with van der Waals surface area (Å²) in [6, 6.07) is 3.78. The summed E-state index contributed by atoms with van der Waals surface area (Å²) in [7, 11) is -3.99. The lowest BCUT2D eigenvalue weighted by Gasteiger charge is -2.23. The second-order valence-electron chi connectivity index (χ2n) is 5.59. The van der Waals surface area contributed by atoms with E-state index in [2.05, 4.69) is 9.88 Å². The van der Waals surface area contributed by atoms with E-state index in [1.54, 1.807) is 17.5 Å². The topological polar surface area (TPSA) is 123 Å². The maximum atomic E-state index is 11.5. The Morgan fingerprint density at radius 2 is 1.92 bits per heavy atom. The van der Waals surface area contributed by atoms with Gasteiger partial charge in [0.1, 0.15) is 5.69 Å². The molecule has 25 heavy (non-hydrogen) atoms. The van der Waals surface area contributed by atoms with Crippen molar-refractivity contribution < 1.29 is 13.3 Å². The van der Waals surface area contributed by atoms with Gasteiger partial charge in [0, 0.05) is 43.8 Å². The molecule has 0 bridgehead atoms. The fourth-order valence-corrected chi connectivity index (χ4v) is 4.05. The Morgan fingerprint density at radius 3 is 2.56 bits per heavy atom. The van der Waals surface area contributed by atoms with E-state index in [0.717, 1.165) is 24.2 Å². The van der Waals surface area contributed by atoms with Gasteiger partial charge in [0.2, 0.25) is 10.0 Å². The monoisotopic (exact) mass is 383 g/mol. The number of thiazole rings is 1. The Bertz CT molecular complexity index is 869. The van der Waals surface area contributed by atoms with Crippen molar-refractivity contribution in [3.63, 3.8) is 0 Å². The molecule has 0 atom stereocenters. The Morgan fingerprint density at radius 1 is 1.20 bits per heavy atom. The van der Waals surface area contributed by atoms with Gasteiger partial charge < -0.3 is 9.80 Å². The van der Waals surface area contributed by atoms with Crippen LogP contribution in [0.2, 0.25) is 0 Å². The van der Waals surface area contributed by atoms with Gasteiger partial charge in [-0.2, -0.15) is 0 Å². The van der Waals surface area contributed by atoms with Gasteiger partial charge >= 0.3 is 0 Å². The molecule has 11 heteroatoms. The van der Waals surface area contributed by atoms with Gasteiger partial charge in [0.15, 0.2) is 5.13 Å². The highest BCUT2D eigenvalue weighted by molar-refractivity contribution is 7.89. The second kappa shape index (κ2) is 6.94. The standard InChI is InChI=1S/C14H17N5O4S2/c15-25(22,23)11-2-3-12(13(10-11)19(20)21)17-5-1-6-18(8-7-17)14-16-4-9-24-14/h2-4,9-10H,1,5-8H2,(H2,15,22,23). The number of nitro groups is 1. The van der Waals surface area contributed by atoms with Crippen LogP contribution in [-0.2, 0) is 10.0 Å². The van der Waals surface area contributed by atoms with Crippen LogP contribution in [0.15, 0.2) is 34.7 Å². The fourth-order valence-electron chi connectivity index (χ4n) is 2.82. The van der Waals surface area contributed by atoms with E-state index < -0.39 is 14.9 Å². The first-order valence-electron chi connectivity index (χ1n) is 7.57. The quantitative estimate of drug-likeness (QED) is 0.625. The number of aromatic nitrogens is 1. The van der Waals surface area contributed by atoms with Gasteiger partial charge in [0.25, 0.3) is 5.69 Å². The van der Waals surface area contributed by atoms with Crippen LogP contribution in [0.25, 0.3) is 0 Å². The highest BCUT2D eigenvalue weighted by Crippen LogP contribution is 2.31. The van der Waals surface area contributed by atoms with Crippen molar-refractivity contribution in [3.8, 4) is 0 Å². The number of primary sulfonamides is 1. The summed E-state index contributed by atoms with van der Waals surface area (Å²) in [4.78, 5) is 18.9. The van der Waals surface area contributed by atoms with Crippen LogP contribution in [-0.4, -0.2) is 44.5 Å². The molecule has 0 spiro atoms. The third-order valence-electron chi connectivity index (χ3n) is 4.00. The van der Waals surface area contributed by atoms with Crippen molar-refractivity contribution in [3.05, 3.63) is 39.9 Å². The lowest BCUT2D eigenvalue weighted by Crippen LogP contribution is -2.31. The third kappa shape index (κ3) is 3.89. The van der Waals surface area contributed by atoms with Gasteiger partial charge in [-0.05, 0) is 18.6 Å². The first-order valence-corrected chi connectivity index (χ1v) is 9.99. The number of hydrogen-bond donors (Lipinski definition) is 1. The lowest BCUT2D eigenvalue weighted by atomic mass is 10.2. The van der Waals surface area contributed by atoms with Crippen molar-refractivity contribution in [2.45, 2.75) is 11.3 Å². The zero-order valence-corrected chi connectivity index (χ0v) is 14.9. The van der Waals surface area contributed by atoms with E-state index in [1.807, 2.05) is 10.3 Å². The number of nitro benzene ring substituents is 1. The van der Waals surface area contributed by atoms with Gasteiger partial charge in [-0.3, -0.25) is 10.1 Å². The molecule has 2 N–H and O–H groups in total. The summed E-state index contributed by atoms with van der Waals surface area (Å²) in [6.45, 7) is 2.71. The number of nitrogens with zero attached hydrogens (tertiary/aromatic N) is 4. The van der Waals surface area contributed by atoms with E-state index in [9.17, 15) is 18.5 Å². The van der Waals surface area contributed by atoms with E-state index in [-0.39, 0.29) is 10.6 Å². The molecule has 1 saturated heterocycles. The Labute approximate surface area is 148 Å². The first kappa shape index (κ1) is 17.6. The molecule has 0 radical (unpaired) electrons. The van der Waals surface area contributed by atoms with E-state index >= 15 is 0 Å². The van der Waals surface area contributed by atoms with E-state index in [1.165, 1.54) is 12.1 Å². The molecule has 2 aromatic rings. The predicted molar refractivity (Wildman–Crippen MR) is 95.6 cm³/mol. The SMILES string of the molecule is NS(=O)(=O)c1ccc(N2CCCN(c3nccs3)CC2)c([N+](=O)[O-])c1. The van der Waals surface area contributed by atoms with Crippen molar-refractivity contribution in [2.75, 3.05) is 36.0 Å². The predicted octanol–water partition coefficient (Wildman–Crippen LogP) is 1.42. The summed E-state index contributed by atoms with van der Waals surface area (Å²) < 4.78 is 22.9. The largest absolute Gasteiger partial charge is 0.364 e. The minimum atomic E-state index is -3.99. The number of nitrogens with two attached hydrogens (primary N) is 1. The Hall–Kier alpha value is -2.24. The number of sulfonamides is 1. The lowest BCUT2D eigenvalue weighted by molar-refractivity contribution is -0.384. The molecule has 0 amide bonds. The molecule has 1 aromatic heterocycles. The van der Waals surface area contributed by atoms with Crippen molar-refractivity contribution >= 4 is 37.9 Å². The van der Waals surface area contributed by atoms with E-state index in [0.29, 0.717) is 25.3 Å². The molecule has 9 nitrogen and oxygen atoms in total. The van der Waals surface area contributed by atoms with Crippen molar-refractivity contribution in [1.29, 1.82) is 0 Å². The summed E-state index contributed by atoms with van der Waals surface area (Å²) in [5.74, 6) is 0. The molecule has 134 valence electrons. The summed E-state index contributed by atoms with van der Waals surface area (Å²) in [5, 5.41) is 19.3.